The first-order valence-electron chi connectivity index (χ1n) is 17.2. The van der Waals surface area contributed by atoms with Gasteiger partial charge in [0.2, 0.25) is 12.8 Å². The van der Waals surface area contributed by atoms with Gasteiger partial charge in [0.1, 0.15) is 0 Å². The fourth-order valence-electron chi connectivity index (χ4n) is 7.12. The minimum Gasteiger partial charge on any atom is -0.354 e. The van der Waals surface area contributed by atoms with Gasteiger partial charge >= 0.3 is 0 Å². The topological polar surface area (TPSA) is 141 Å². The van der Waals surface area contributed by atoms with Crippen molar-refractivity contribution in [2.75, 3.05) is 10.6 Å². The summed E-state index contributed by atoms with van der Waals surface area (Å²) in [5, 5.41) is 5.57. The highest BCUT2D eigenvalue weighted by Crippen LogP contribution is 2.39. The number of hydrogen-bond donors (Lipinski definition) is 4. The predicted molar refractivity (Wildman–Crippen MR) is 216 cm³/mol. The predicted octanol–water partition coefficient (Wildman–Crippen LogP) is 9.25. The number of aromatic nitrogens is 6. The summed E-state index contributed by atoms with van der Waals surface area (Å²) in [5.41, 5.74) is 14.8. The lowest BCUT2D eigenvalue weighted by Gasteiger charge is -2.08. The number of amides is 2. The Morgan fingerprint density at radius 3 is 1.13 bits per heavy atom. The molecule has 0 unspecified atom stereocenters. The molecule has 2 aliphatic heterocycles. The summed E-state index contributed by atoms with van der Waals surface area (Å²) in [5.74, 6) is 0. The highest BCUT2D eigenvalue weighted by Gasteiger charge is 2.19. The molecule has 5 aromatic heterocycles. The summed E-state index contributed by atoms with van der Waals surface area (Å²) in [7, 11) is 0. The van der Waals surface area contributed by atoms with Gasteiger partial charge in [0.15, 0.2) is 0 Å². The molecule has 4 N–H and O–H groups in total. The number of carbonyl (C=O) groups is 2. The van der Waals surface area contributed by atoms with Gasteiger partial charge in [0, 0.05) is 80.5 Å². The first-order valence-corrected chi connectivity index (χ1v) is 17.2. The lowest BCUT2D eigenvalue weighted by atomic mass is 10.0. The molecule has 9 rings (SSSR count). The molecule has 10 nitrogen and oxygen atoms in total. The van der Waals surface area contributed by atoms with E-state index in [9.17, 15) is 9.59 Å². The van der Waals surface area contributed by atoms with Crippen LogP contribution in [0.4, 0.5) is 11.4 Å². The maximum Gasteiger partial charge on any atom is 0.211 e. The van der Waals surface area contributed by atoms with E-state index in [1.54, 1.807) is 24.8 Å². The van der Waals surface area contributed by atoms with Gasteiger partial charge < -0.3 is 20.6 Å². The average molecular weight is 703 g/mol. The van der Waals surface area contributed by atoms with Crippen LogP contribution in [0, 0.1) is 0 Å². The monoisotopic (exact) mass is 702 g/mol. The van der Waals surface area contributed by atoms with Crippen molar-refractivity contribution in [1.82, 2.24) is 29.9 Å². The molecule has 2 amide bonds. The van der Waals surface area contributed by atoms with E-state index < -0.39 is 0 Å². The van der Waals surface area contributed by atoms with Crippen LogP contribution in [0.3, 0.4) is 0 Å². The molecule has 0 saturated carbocycles. The fourth-order valence-corrected chi connectivity index (χ4v) is 7.12. The number of rotatable bonds is 8. The van der Waals surface area contributed by atoms with E-state index in [0.29, 0.717) is 24.2 Å². The first kappa shape index (κ1) is 32.2. The van der Waals surface area contributed by atoms with Gasteiger partial charge in [0.25, 0.3) is 0 Å². The number of carbonyl (C=O) groups excluding carboxylic acids is 2. The second kappa shape index (κ2) is 13.8. The van der Waals surface area contributed by atoms with Crippen molar-refractivity contribution in [3.8, 4) is 44.5 Å². The molecular formula is C44H30N8O2. The van der Waals surface area contributed by atoms with Gasteiger partial charge in [-0.15, -0.1) is 0 Å². The molecule has 7 aromatic rings. The zero-order valence-corrected chi connectivity index (χ0v) is 28.6. The maximum absolute atomic E-state index is 11.5. The Bertz CT molecular complexity index is 2630. The van der Waals surface area contributed by atoms with E-state index in [1.807, 2.05) is 109 Å². The van der Waals surface area contributed by atoms with Crippen LogP contribution in [0.1, 0.15) is 22.8 Å². The summed E-state index contributed by atoms with van der Waals surface area (Å²) >= 11 is 0. The number of nitrogens with zero attached hydrogens (tertiary/aromatic N) is 4. The summed E-state index contributed by atoms with van der Waals surface area (Å²) < 4.78 is 0. The van der Waals surface area contributed by atoms with Crippen molar-refractivity contribution < 1.29 is 9.59 Å². The SMILES string of the molecule is O=CNc1cccc(-c2c3nc(c(-c4cccc(NC=O)c4)c4ccc([nH]4)c(-c4ccncc4)c4nc(c(-c5ccncc5)c5ccc2[nH]5)C=C4)C=C3)c1. The molecule has 2 aromatic carbocycles. The lowest BCUT2D eigenvalue weighted by molar-refractivity contribution is -0.106. The number of anilines is 2. The van der Waals surface area contributed by atoms with E-state index in [-0.39, 0.29) is 0 Å². The van der Waals surface area contributed by atoms with Crippen LogP contribution in [-0.2, 0) is 9.59 Å². The van der Waals surface area contributed by atoms with Crippen LogP contribution in [0.2, 0.25) is 0 Å². The third kappa shape index (κ3) is 5.93. The van der Waals surface area contributed by atoms with E-state index >= 15 is 0 Å². The second-order valence-corrected chi connectivity index (χ2v) is 12.7. The number of aromatic amines is 2. The third-order valence-electron chi connectivity index (χ3n) is 9.45. The summed E-state index contributed by atoms with van der Waals surface area (Å²) in [6.07, 6.45) is 16.6. The Morgan fingerprint density at radius 2 is 0.778 bits per heavy atom. The summed E-state index contributed by atoms with van der Waals surface area (Å²) in [4.78, 5) is 49.5. The molecule has 7 heterocycles. The van der Waals surface area contributed by atoms with E-state index in [2.05, 4.69) is 42.7 Å². The van der Waals surface area contributed by atoms with Gasteiger partial charge in [-0.05, 0) is 119 Å². The Morgan fingerprint density at radius 1 is 0.426 bits per heavy atom. The number of hydrogen-bond acceptors (Lipinski definition) is 6. The Labute approximate surface area is 309 Å². The zero-order chi connectivity index (χ0) is 36.4. The van der Waals surface area contributed by atoms with E-state index in [4.69, 9.17) is 9.97 Å². The largest absolute Gasteiger partial charge is 0.354 e. The molecule has 258 valence electrons. The van der Waals surface area contributed by atoms with E-state index in [1.165, 1.54) is 0 Å². The van der Waals surface area contributed by atoms with Crippen LogP contribution < -0.4 is 10.6 Å². The van der Waals surface area contributed by atoms with Crippen LogP contribution in [0.15, 0.2) is 122 Å². The van der Waals surface area contributed by atoms with Crippen molar-refractivity contribution in [1.29, 1.82) is 0 Å². The molecule has 0 spiro atoms. The second-order valence-electron chi connectivity index (χ2n) is 12.7. The summed E-state index contributed by atoms with van der Waals surface area (Å²) in [6.45, 7) is 0. The number of H-pyrrole nitrogens is 2. The smallest absolute Gasteiger partial charge is 0.211 e. The maximum atomic E-state index is 11.5. The highest BCUT2D eigenvalue weighted by atomic mass is 16.1. The average Bonchev–Trinajstić information content (AvgIpc) is 4.04. The number of pyridine rings is 2. The van der Waals surface area contributed by atoms with Crippen molar-refractivity contribution in [3.05, 3.63) is 145 Å². The van der Waals surface area contributed by atoms with E-state index in [0.717, 1.165) is 89.4 Å². The number of nitrogens with one attached hydrogen (secondary N) is 4. The molecular weight excluding hydrogens is 673 g/mol. The molecule has 0 saturated heterocycles. The zero-order valence-electron chi connectivity index (χ0n) is 28.6. The molecule has 0 atom stereocenters. The molecule has 10 heteroatoms. The van der Waals surface area contributed by atoms with Gasteiger partial charge in [-0.25, -0.2) is 9.97 Å². The van der Waals surface area contributed by atoms with Crippen molar-refractivity contribution in [2.45, 2.75) is 0 Å². The molecule has 0 aliphatic carbocycles. The number of benzene rings is 2. The molecule has 54 heavy (non-hydrogen) atoms. The quantitative estimate of drug-likeness (QED) is 0.116. The van der Waals surface area contributed by atoms with Crippen LogP contribution >= 0.6 is 0 Å². The Hall–Kier alpha value is -7.72. The van der Waals surface area contributed by atoms with Gasteiger partial charge in [-0.1, -0.05) is 24.3 Å². The van der Waals surface area contributed by atoms with Crippen LogP contribution in [0.5, 0.6) is 0 Å². The van der Waals surface area contributed by atoms with Crippen molar-refractivity contribution in [3.63, 3.8) is 0 Å². The normalized spacial score (nSPS) is 11.7. The Balaban J connectivity index is 1.46. The number of fused-ring (bicyclic) bond motifs is 8. The van der Waals surface area contributed by atoms with Crippen molar-refractivity contribution in [2.24, 2.45) is 0 Å². The van der Waals surface area contributed by atoms with Crippen LogP contribution in [0.25, 0.3) is 90.9 Å². The summed E-state index contributed by atoms with van der Waals surface area (Å²) in [6, 6.07) is 31.5. The standard InChI is InChI=1S/C44H30N8O2/c53-25-47-31-5-1-3-29(23-31)43-37-11-9-35(50-37)41(27-15-19-45-20-16-27)33-7-8-34(49-33)42(28-17-21-46-22-18-28)36-10-12-38(51-36)44(40-14-13-39(43)52-40)30-4-2-6-32(24-30)48-26-54/h1-26,50-51H,(H,47,53)(H,48,54). The highest BCUT2D eigenvalue weighted by molar-refractivity contribution is 6.00. The first-order chi connectivity index (χ1) is 26.7. The van der Waals surface area contributed by atoms with Gasteiger partial charge in [-0.3, -0.25) is 19.6 Å². The van der Waals surface area contributed by atoms with Crippen molar-refractivity contribution >= 4 is 70.6 Å². The molecule has 2 aliphatic rings. The van der Waals surface area contributed by atoms with Gasteiger partial charge in [0.05, 0.1) is 22.8 Å². The third-order valence-corrected chi connectivity index (χ3v) is 9.45. The minimum absolute atomic E-state index is 0.658. The Kier molecular flexibility index (Phi) is 8.22. The molecule has 8 bridgehead atoms. The van der Waals surface area contributed by atoms with Gasteiger partial charge in [-0.2, -0.15) is 0 Å². The lowest BCUT2D eigenvalue weighted by Crippen LogP contribution is -1.94. The van der Waals surface area contributed by atoms with Crippen LogP contribution in [-0.4, -0.2) is 42.7 Å². The molecule has 0 radical (unpaired) electrons. The minimum atomic E-state index is 0.658. The molecule has 0 fully saturated rings. The fraction of sp³-hybridized carbons (Fsp3) is 0.